The van der Waals surface area contributed by atoms with E-state index in [1.807, 2.05) is 13.8 Å². The van der Waals surface area contributed by atoms with Crippen LogP contribution in [-0.2, 0) is 0 Å². The molecule has 0 aromatic rings. The monoisotopic (exact) mass is 506 g/mol. The highest BCUT2D eigenvalue weighted by atomic mass is 16.3. The first-order valence-electron chi connectivity index (χ1n) is 14.2. The summed E-state index contributed by atoms with van der Waals surface area (Å²) in [5, 5.41) is 66.1. The molecule has 4 saturated carbocycles. The third kappa shape index (κ3) is 2.95. The summed E-state index contributed by atoms with van der Waals surface area (Å²) in [6.07, 6.45) is 4.21. The summed E-state index contributed by atoms with van der Waals surface area (Å²) >= 11 is 0. The molecule has 2 unspecified atom stereocenters. The fraction of sp³-hybridized carbons (Fsp3) is 0.933. The van der Waals surface area contributed by atoms with Crippen LogP contribution >= 0.6 is 0 Å². The van der Waals surface area contributed by atoms with Crippen LogP contribution in [0.3, 0.4) is 0 Å². The second-order valence-electron chi connectivity index (χ2n) is 15.1. The van der Waals surface area contributed by atoms with Crippen molar-refractivity contribution in [2.45, 2.75) is 111 Å². The number of fused-ring (bicyclic) bond motifs is 7. The number of allylic oxidation sites excluding steroid dienone is 2. The summed E-state index contributed by atoms with van der Waals surface area (Å²) in [5.74, 6) is 0.367. The maximum absolute atomic E-state index is 11.8. The summed E-state index contributed by atoms with van der Waals surface area (Å²) in [4.78, 5) is 0. The zero-order chi connectivity index (χ0) is 26.7. The number of rotatable bonds is 2. The molecule has 5 rings (SSSR count). The summed E-state index contributed by atoms with van der Waals surface area (Å²) in [5.41, 5.74) is -1.40. The van der Waals surface area contributed by atoms with Crippen molar-refractivity contribution in [1.82, 2.24) is 0 Å². The lowest BCUT2D eigenvalue weighted by atomic mass is 9.33. The molecule has 6 nitrogen and oxygen atoms in total. The molecule has 4 fully saturated rings. The van der Waals surface area contributed by atoms with Gasteiger partial charge in [0.2, 0.25) is 0 Å². The molecule has 0 heterocycles. The molecule has 0 radical (unpaired) electrons. The first-order chi connectivity index (χ1) is 16.6. The highest BCUT2D eigenvalue weighted by molar-refractivity contribution is 5.36. The standard InChI is InChI=1S/C30H50O6/c1-25(2)13-18-17-7-8-20-26(3)11-10-21(33)27(4,15-31)19(26)9-12-28(20,5)29(17,6)14-22(34)30(18,16-32)24(36)23(25)35/h7,18-24,31-36H,8-16H2,1-6H3/t18-,19?,20?,21-,22+,23-,24-,26-,27-,28+,29+,30-/m0/s1. The van der Waals surface area contributed by atoms with Crippen LogP contribution in [0.1, 0.15) is 86.5 Å². The molecule has 206 valence electrons. The molecule has 0 aromatic heterocycles. The van der Waals surface area contributed by atoms with E-state index in [4.69, 9.17) is 0 Å². The number of aliphatic hydroxyl groups excluding tert-OH is 6. The van der Waals surface area contributed by atoms with Gasteiger partial charge in [0, 0.05) is 5.41 Å². The van der Waals surface area contributed by atoms with E-state index in [-0.39, 0.29) is 41.3 Å². The molecule has 0 bridgehead atoms. The Kier molecular flexibility index (Phi) is 6.03. The molecule has 36 heavy (non-hydrogen) atoms. The van der Waals surface area contributed by atoms with Crippen LogP contribution in [-0.4, -0.2) is 68.3 Å². The number of aliphatic hydroxyl groups is 6. The summed E-state index contributed by atoms with van der Waals surface area (Å²) < 4.78 is 0. The van der Waals surface area contributed by atoms with Gasteiger partial charge in [0.05, 0.1) is 43.0 Å². The van der Waals surface area contributed by atoms with E-state index in [1.165, 1.54) is 5.57 Å². The Hall–Kier alpha value is -0.500. The molecule has 0 aromatic carbocycles. The third-order valence-corrected chi connectivity index (χ3v) is 13.5. The normalized spacial score (nSPS) is 58.1. The third-order valence-electron chi connectivity index (χ3n) is 13.5. The van der Waals surface area contributed by atoms with E-state index in [0.717, 1.165) is 25.7 Å². The van der Waals surface area contributed by atoms with Gasteiger partial charge in [-0.25, -0.2) is 0 Å². The smallest absolute Gasteiger partial charge is 0.0913 e. The Labute approximate surface area is 216 Å². The van der Waals surface area contributed by atoms with Gasteiger partial charge in [0.15, 0.2) is 0 Å². The Bertz CT molecular complexity index is 932. The van der Waals surface area contributed by atoms with Gasteiger partial charge in [-0.3, -0.25) is 0 Å². The largest absolute Gasteiger partial charge is 0.396 e. The molecule has 6 heteroatoms. The molecule has 12 atom stereocenters. The van der Waals surface area contributed by atoms with E-state index in [1.54, 1.807) is 0 Å². The summed E-state index contributed by atoms with van der Waals surface area (Å²) in [7, 11) is 0. The zero-order valence-corrected chi connectivity index (χ0v) is 23.2. The minimum absolute atomic E-state index is 0.00861. The van der Waals surface area contributed by atoms with Gasteiger partial charge < -0.3 is 30.6 Å². The van der Waals surface area contributed by atoms with Crippen molar-refractivity contribution in [3.05, 3.63) is 11.6 Å². The predicted molar refractivity (Wildman–Crippen MR) is 138 cm³/mol. The minimum Gasteiger partial charge on any atom is -0.396 e. The minimum atomic E-state index is -1.19. The molecule has 6 N–H and O–H groups in total. The average molecular weight is 507 g/mol. The van der Waals surface area contributed by atoms with E-state index < -0.39 is 40.7 Å². The van der Waals surface area contributed by atoms with E-state index in [0.29, 0.717) is 25.2 Å². The number of hydrogen-bond donors (Lipinski definition) is 6. The van der Waals surface area contributed by atoms with Crippen LogP contribution in [0.4, 0.5) is 0 Å². The van der Waals surface area contributed by atoms with Gasteiger partial charge in [0.25, 0.3) is 0 Å². The first-order valence-corrected chi connectivity index (χ1v) is 14.2. The van der Waals surface area contributed by atoms with E-state index in [2.05, 4.69) is 33.8 Å². The van der Waals surface area contributed by atoms with Gasteiger partial charge >= 0.3 is 0 Å². The average Bonchev–Trinajstić information content (AvgIpc) is 2.81. The van der Waals surface area contributed by atoms with Crippen LogP contribution in [0.5, 0.6) is 0 Å². The van der Waals surface area contributed by atoms with Gasteiger partial charge in [-0.1, -0.05) is 53.2 Å². The van der Waals surface area contributed by atoms with E-state index in [9.17, 15) is 30.6 Å². The van der Waals surface area contributed by atoms with Crippen molar-refractivity contribution in [3.8, 4) is 0 Å². The molecule has 5 aliphatic rings. The summed E-state index contributed by atoms with van der Waals surface area (Å²) in [6, 6.07) is 0. The Balaban J connectivity index is 1.63. The van der Waals surface area contributed by atoms with E-state index >= 15 is 0 Å². The van der Waals surface area contributed by atoms with Crippen LogP contribution in [0.15, 0.2) is 11.6 Å². The summed E-state index contributed by atoms with van der Waals surface area (Å²) in [6.45, 7) is 12.7. The molecular weight excluding hydrogens is 456 g/mol. The maximum Gasteiger partial charge on any atom is 0.0913 e. The van der Waals surface area contributed by atoms with Crippen molar-refractivity contribution in [3.63, 3.8) is 0 Å². The highest BCUT2D eigenvalue weighted by Crippen LogP contribution is 2.75. The fourth-order valence-electron chi connectivity index (χ4n) is 10.9. The van der Waals surface area contributed by atoms with Gasteiger partial charge in [-0.15, -0.1) is 0 Å². The molecule has 0 saturated heterocycles. The van der Waals surface area contributed by atoms with Crippen LogP contribution < -0.4 is 0 Å². The van der Waals surface area contributed by atoms with Crippen molar-refractivity contribution in [2.75, 3.05) is 13.2 Å². The van der Waals surface area contributed by atoms with Gasteiger partial charge in [0.1, 0.15) is 0 Å². The number of hydrogen-bond acceptors (Lipinski definition) is 6. The zero-order valence-electron chi connectivity index (χ0n) is 23.2. The highest BCUT2D eigenvalue weighted by Gasteiger charge is 2.72. The topological polar surface area (TPSA) is 121 Å². The van der Waals surface area contributed by atoms with Crippen LogP contribution in [0.2, 0.25) is 0 Å². The Morgan fingerprint density at radius 2 is 1.44 bits per heavy atom. The fourth-order valence-corrected chi connectivity index (χ4v) is 10.9. The van der Waals surface area contributed by atoms with Crippen molar-refractivity contribution >= 4 is 0 Å². The maximum atomic E-state index is 11.8. The Morgan fingerprint density at radius 3 is 2.06 bits per heavy atom. The lowest BCUT2D eigenvalue weighted by molar-refractivity contribution is -0.259. The molecule has 0 aliphatic heterocycles. The first kappa shape index (κ1) is 27.1. The molecule has 5 aliphatic carbocycles. The molecular formula is C30H50O6. The van der Waals surface area contributed by atoms with Gasteiger partial charge in [-0.2, -0.15) is 0 Å². The van der Waals surface area contributed by atoms with Crippen molar-refractivity contribution in [2.24, 2.45) is 50.2 Å². The van der Waals surface area contributed by atoms with Crippen molar-refractivity contribution in [1.29, 1.82) is 0 Å². The predicted octanol–water partition coefficient (Wildman–Crippen LogP) is 3.03. The van der Waals surface area contributed by atoms with Crippen LogP contribution in [0.25, 0.3) is 0 Å². The van der Waals surface area contributed by atoms with Crippen molar-refractivity contribution < 1.29 is 30.6 Å². The lowest BCUT2D eigenvalue weighted by Gasteiger charge is -2.72. The lowest BCUT2D eigenvalue weighted by Crippen LogP contribution is -2.71. The molecule has 0 spiro atoms. The quantitative estimate of drug-likeness (QED) is 0.320. The SMILES string of the molecule is CC1(C)C[C@H]2C3=CCC4[C@@]5(C)CC[C@H](O)[C@@](C)(CO)C5CC[C@@]4(C)[C@]3(C)C[C@@H](O)[C@@]2(CO)[C@@H](O)[C@@H]1O. The second-order valence-corrected chi connectivity index (χ2v) is 15.1. The molecule has 0 amide bonds. The van der Waals surface area contributed by atoms with Crippen LogP contribution in [0, 0.1) is 50.2 Å². The van der Waals surface area contributed by atoms with Gasteiger partial charge in [-0.05, 0) is 84.4 Å². The Morgan fingerprint density at radius 1 is 0.778 bits per heavy atom. The second kappa shape index (κ2) is 8.02.